The van der Waals surface area contributed by atoms with Crippen LogP contribution < -0.4 is 14.9 Å². The highest BCUT2D eigenvalue weighted by molar-refractivity contribution is 9.10. The number of esters is 1. The number of hydrazone groups is 1. The Bertz CT molecular complexity index is 1260. The summed E-state index contributed by atoms with van der Waals surface area (Å²) in [5, 5.41) is 15.0. The smallest absolute Gasteiger partial charge is 0.343 e. The van der Waals surface area contributed by atoms with Crippen LogP contribution in [-0.4, -0.2) is 29.1 Å². The number of benzene rings is 3. The maximum atomic E-state index is 12.5. The first-order valence-electron chi connectivity index (χ1n) is 10.1. The number of amides is 1. The zero-order valence-electron chi connectivity index (χ0n) is 18.2. The van der Waals surface area contributed by atoms with Crippen molar-refractivity contribution in [3.8, 4) is 11.5 Å². The lowest BCUT2D eigenvalue weighted by atomic mass is 10.1. The number of hydrogen-bond donors (Lipinski definition) is 1. The third-order valence-corrected chi connectivity index (χ3v) is 5.03. The summed E-state index contributed by atoms with van der Waals surface area (Å²) in [6.45, 7) is 3.31. The second-order valence-electron chi connectivity index (χ2n) is 7.16. The number of halogens is 1. The van der Waals surface area contributed by atoms with E-state index in [9.17, 15) is 19.7 Å². The van der Waals surface area contributed by atoms with Crippen LogP contribution >= 0.6 is 15.9 Å². The van der Waals surface area contributed by atoms with Crippen molar-refractivity contribution in [2.24, 2.45) is 5.10 Å². The first-order valence-corrected chi connectivity index (χ1v) is 10.9. The van der Waals surface area contributed by atoms with E-state index in [1.807, 2.05) is 13.0 Å². The molecule has 0 bridgehead atoms. The second-order valence-corrected chi connectivity index (χ2v) is 8.08. The Morgan fingerprint density at radius 3 is 2.59 bits per heavy atom. The van der Waals surface area contributed by atoms with Crippen LogP contribution in [0.1, 0.15) is 28.4 Å². The molecule has 0 spiro atoms. The van der Waals surface area contributed by atoms with E-state index >= 15 is 0 Å². The lowest BCUT2D eigenvalue weighted by Crippen LogP contribution is -2.33. The summed E-state index contributed by atoms with van der Waals surface area (Å²) >= 11 is 3.35. The van der Waals surface area contributed by atoms with Gasteiger partial charge in [0.2, 0.25) is 0 Å². The number of nitro benzene ring substituents is 1. The summed E-state index contributed by atoms with van der Waals surface area (Å²) in [5.74, 6) is -0.938. The topological polar surface area (TPSA) is 120 Å². The van der Waals surface area contributed by atoms with Gasteiger partial charge in [-0.05, 0) is 50.2 Å². The number of nitrogens with zero attached hydrogens (tertiary/aromatic N) is 2. The van der Waals surface area contributed by atoms with Crippen LogP contribution in [0.3, 0.4) is 0 Å². The second kappa shape index (κ2) is 11.2. The Hall–Kier alpha value is -4.05. The third kappa shape index (κ3) is 6.48. The fraction of sp³-hybridized carbons (Fsp3) is 0.125. The molecule has 0 saturated heterocycles. The van der Waals surface area contributed by atoms with Crippen LogP contribution in [0.5, 0.6) is 11.5 Å². The van der Waals surface area contributed by atoms with E-state index in [1.54, 1.807) is 42.5 Å². The van der Waals surface area contributed by atoms with Gasteiger partial charge in [0.25, 0.3) is 5.91 Å². The molecule has 3 rings (SSSR count). The normalized spacial score (nSPS) is 11.6. The highest BCUT2D eigenvalue weighted by atomic mass is 79.9. The van der Waals surface area contributed by atoms with E-state index in [2.05, 4.69) is 26.5 Å². The van der Waals surface area contributed by atoms with Gasteiger partial charge in [-0.1, -0.05) is 45.8 Å². The summed E-state index contributed by atoms with van der Waals surface area (Å²) < 4.78 is 11.6. The van der Waals surface area contributed by atoms with Gasteiger partial charge in [0, 0.05) is 16.1 Å². The van der Waals surface area contributed by atoms with Gasteiger partial charge in [-0.25, -0.2) is 10.2 Å². The molecule has 10 heteroatoms. The van der Waals surface area contributed by atoms with Gasteiger partial charge in [-0.15, -0.1) is 0 Å². The number of nitrogens with one attached hydrogen (secondary N) is 1. The molecule has 0 aliphatic heterocycles. The van der Waals surface area contributed by atoms with E-state index < -0.39 is 22.9 Å². The van der Waals surface area contributed by atoms with Gasteiger partial charge in [0.15, 0.2) is 11.9 Å². The molecule has 9 nitrogen and oxygen atoms in total. The minimum absolute atomic E-state index is 0.0310. The van der Waals surface area contributed by atoms with Crippen LogP contribution in [0.4, 0.5) is 5.69 Å². The molecule has 174 valence electrons. The molecular formula is C24H20BrN3O6. The summed E-state index contributed by atoms with van der Waals surface area (Å²) in [7, 11) is 0. The average molecular weight is 526 g/mol. The summed E-state index contributed by atoms with van der Waals surface area (Å²) in [4.78, 5) is 35.4. The van der Waals surface area contributed by atoms with Crippen LogP contribution in [0.15, 0.2) is 76.3 Å². The Morgan fingerprint density at radius 2 is 1.85 bits per heavy atom. The van der Waals surface area contributed by atoms with Crippen molar-refractivity contribution in [1.82, 2.24) is 5.43 Å². The van der Waals surface area contributed by atoms with Crippen molar-refractivity contribution < 1.29 is 24.0 Å². The molecule has 34 heavy (non-hydrogen) atoms. The van der Waals surface area contributed by atoms with Gasteiger partial charge in [0.05, 0.1) is 16.7 Å². The molecule has 0 fully saturated rings. The average Bonchev–Trinajstić information content (AvgIpc) is 2.80. The van der Waals surface area contributed by atoms with Crippen molar-refractivity contribution in [3.63, 3.8) is 0 Å². The van der Waals surface area contributed by atoms with Crippen molar-refractivity contribution in [2.45, 2.75) is 20.0 Å². The lowest BCUT2D eigenvalue weighted by molar-refractivity contribution is -0.386. The first-order chi connectivity index (χ1) is 16.2. The predicted octanol–water partition coefficient (Wildman–Crippen LogP) is 4.80. The maximum absolute atomic E-state index is 12.5. The highest BCUT2D eigenvalue weighted by Crippen LogP contribution is 2.27. The Morgan fingerprint density at radius 1 is 1.09 bits per heavy atom. The SMILES string of the molecule is Cc1cccc(C(=O)Oc2ccc(Br)cc2C=NNC(=O)C(C)Oc2ccccc2[N+](=O)[O-])c1. The van der Waals surface area contributed by atoms with Gasteiger partial charge in [0.1, 0.15) is 5.75 Å². The van der Waals surface area contributed by atoms with E-state index in [0.29, 0.717) is 15.6 Å². The molecule has 0 saturated carbocycles. The quantitative estimate of drug-likeness (QED) is 0.148. The summed E-state index contributed by atoms with van der Waals surface area (Å²) in [5.41, 5.74) is 3.83. The van der Waals surface area contributed by atoms with Crippen molar-refractivity contribution in [1.29, 1.82) is 0 Å². The summed E-state index contributed by atoms with van der Waals surface area (Å²) in [6, 6.07) is 17.7. The number of ether oxygens (including phenoxy) is 2. The summed E-state index contributed by atoms with van der Waals surface area (Å²) in [6.07, 6.45) is 0.263. The van der Waals surface area contributed by atoms with Crippen LogP contribution in [0.2, 0.25) is 0 Å². The van der Waals surface area contributed by atoms with E-state index in [-0.39, 0.29) is 17.2 Å². The van der Waals surface area contributed by atoms with Crippen LogP contribution in [0.25, 0.3) is 0 Å². The fourth-order valence-corrected chi connectivity index (χ4v) is 3.23. The Kier molecular flexibility index (Phi) is 8.10. The molecule has 0 heterocycles. The van der Waals surface area contributed by atoms with E-state index in [0.717, 1.165) is 5.56 Å². The van der Waals surface area contributed by atoms with Gasteiger partial charge < -0.3 is 9.47 Å². The number of para-hydroxylation sites is 2. The number of aryl methyl sites for hydroxylation is 1. The fourth-order valence-electron chi connectivity index (χ4n) is 2.85. The number of nitro groups is 1. The van der Waals surface area contributed by atoms with Gasteiger partial charge in [-0.2, -0.15) is 5.10 Å². The maximum Gasteiger partial charge on any atom is 0.343 e. The van der Waals surface area contributed by atoms with E-state index in [4.69, 9.17) is 9.47 Å². The molecule has 0 aliphatic carbocycles. The van der Waals surface area contributed by atoms with Crippen molar-refractivity contribution in [3.05, 3.63) is 98.0 Å². The molecule has 1 N–H and O–H groups in total. The molecule has 1 unspecified atom stereocenters. The standard InChI is InChI=1S/C24H20BrN3O6/c1-15-6-5-7-17(12-15)24(30)34-21-11-10-19(25)13-18(21)14-26-27-23(29)16(2)33-22-9-4-3-8-20(22)28(31)32/h3-14,16H,1-2H3,(H,27,29). The molecule has 3 aromatic rings. The number of carbonyl (C=O) groups is 2. The van der Waals surface area contributed by atoms with E-state index in [1.165, 1.54) is 31.3 Å². The number of hydrogen-bond acceptors (Lipinski definition) is 7. The number of rotatable bonds is 8. The monoisotopic (exact) mass is 525 g/mol. The predicted molar refractivity (Wildman–Crippen MR) is 129 cm³/mol. The molecule has 1 amide bonds. The minimum Gasteiger partial charge on any atom is -0.474 e. The zero-order chi connectivity index (χ0) is 24.7. The largest absolute Gasteiger partial charge is 0.474 e. The first kappa shape index (κ1) is 24.6. The molecule has 0 aromatic heterocycles. The Balaban J connectivity index is 1.68. The van der Waals surface area contributed by atoms with Crippen molar-refractivity contribution in [2.75, 3.05) is 0 Å². The molecule has 0 radical (unpaired) electrons. The molecular weight excluding hydrogens is 506 g/mol. The third-order valence-electron chi connectivity index (χ3n) is 4.54. The molecule has 1 atom stereocenters. The van der Waals surface area contributed by atoms with Crippen molar-refractivity contribution >= 4 is 39.7 Å². The molecule has 3 aromatic carbocycles. The zero-order valence-corrected chi connectivity index (χ0v) is 19.8. The van der Waals surface area contributed by atoms with Gasteiger partial charge >= 0.3 is 11.7 Å². The lowest BCUT2D eigenvalue weighted by Gasteiger charge is -2.13. The minimum atomic E-state index is -1.06. The van der Waals surface area contributed by atoms with Crippen LogP contribution in [0, 0.1) is 17.0 Å². The van der Waals surface area contributed by atoms with Crippen LogP contribution in [-0.2, 0) is 4.79 Å². The Labute approximate surface area is 203 Å². The highest BCUT2D eigenvalue weighted by Gasteiger charge is 2.20. The van der Waals surface area contributed by atoms with Gasteiger partial charge in [-0.3, -0.25) is 14.9 Å². The molecule has 0 aliphatic rings. The number of carbonyl (C=O) groups excluding carboxylic acids is 2.